The molecule has 142 valence electrons. The second-order valence-corrected chi connectivity index (χ2v) is 13.2. The van der Waals surface area contributed by atoms with Crippen LogP contribution in [0.5, 0.6) is 0 Å². The van der Waals surface area contributed by atoms with E-state index in [1.165, 1.54) is 16.7 Å². The van der Waals surface area contributed by atoms with Gasteiger partial charge < -0.3 is 0 Å². The van der Waals surface area contributed by atoms with E-state index in [9.17, 15) is 0 Å². The molecule has 0 radical (unpaired) electrons. The summed E-state index contributed by atoms with van der Waals surface area (Å²) >= 11 is -1.28. The van der Waals surface area contributed by atoms with Crippen molar-refractivity contribution in [3.63, 3.8) is 0 Å². The van der Waals surface area contributed by atoms with Crippen LogP contribution in [0.3, 0.4) is 0 Å². The molecular formula is C23H27Cl2HfN. The van der Waals surface area contributed by atoms with Gasteiger partial charge in [0.1, 0.15) is 0 Å². The molecule has 0 bridgehead atoms. The van der Waals surface area contributed by atoms with E-state index >= 15 is 0 Å². The fourth-order valence-electron chi connectivity index (χ4n) is 4.29. The quantitative estimate of drug-likeness (QED) is 0.361. The van der Waals surface area contributed by atoms with Crippen molar-refractivity contribution in [2.24, 2.45) is 5.41 Å². The number of fused-ring (bicyclic) bond motifs is 1. The molecule has 2 aliphatic carbocycles. The molecule has 27 heavy (non-hydrogen) atoms. The molecule has 0 aliphatic heterocycles. The first-order valence-corrected chi connectivity index (χ1v) is 12.6. The molecule has 1 heterocycles. The zero-order chi connectivity index (χ0) is 17.8. The summed E-state index contributed by atoms with van der Waals surface area (Å²) in [7, 11) is 0. The van der Waals surface area contributed by atoms with Gasteiger partial charge in [-0.15, -0.1) is 24.8 Å². The van der Waals surface area contributed by atoms with Crippen molar-refractivity contribution >= 4 is 30.9 Å². The number of halogens is 2. The molecule has 2 aromatic rings. The molecule has 2 aliphatic rings. The number of aromatic nitrogens is 1. The first kappa shape index (κ1) is 22.5. The molecule has 1 nitrogen and oxygen atoms in total. The number of nitrogens with zero attached hydrogens (tertiary/aromatic N) is 1. The van der Waals surface area contributed by atoms with E-state index in [0.717, 1.165) is 0 Å². The Labute approximate surface area is 186 Å². The number of hydrogen-bond donors (Lipinski definition) is 0. The molecule has 0 spiro atoms. The van der Waals surface area contributed by atoms with Crippen molar-refractivity contribution in [2.45, 2.75) is 37.9 Å². The van der Waals surface area contributed by atoms with Crippen molar-refractivity contribution in [1.82, 2.24) is 4.57 Å². The predicted molar refractivity (Wildman–Crippen MR) is 116 cm³/mol. The Bertz CT molecular complexity index is 935. The first-order valence-electron chi connectivity index (χ1n) is 8.98. The van der Waals surface area contributed by atoms with Crippen LogP contribution in [0.2, 0.25) is 0 Å². The van der Waals surface area contributed by atoms with Gasteiger partial charge in [0.15, 0.2) is 0 Å². The second kappa shape index (κ2) is 7.89. The molecule has 1 aromatic heterocycles. The minimum atomic E-state index is -1.28. The molecule has 0 fully saturated rings. The van der Waals surface area contributed by atoms with Crippen LogP contribution in [0.15, 0.2) is 74.9 Å². The maximum Gasteiger partial charge on any atom is -0.147 e. The predicted octanol–water partition coefficient (Wildman–Crippen LogP) is 6.79. The molecule has 4 heteroatoms. The molecule has 1 atom stereocenters. The fourth-order valence-corrected chi connectivity index (χ4v) is 11.7. The zero-order valence-corrected chi connectivity index (χ0v) is 21.8. The third-order valence-corrected chi connectivity index (χ3v) is 14.6. The molecule has 4 rings (SSSR count). The standard InChI is InChI=1S/C13H10N.C10H15.2ClH.Hf/c1-2-6-12-11(5-1)7-8-13(12)14-9-3-4-10-14;1-7-6-10(4,5)9(3)8(7)2;;;/h1-10H;1-5H3;2*1H;. The Balaban J connectivity index is 0.00000131. The van der Waals surface area contributed by atoms with Gasteiger partial charge in [-0.25, -0.2) is 0 Å². The molecular weight excluding hydrogens is 540 g/mol. The molecule has 0 saturated carbocycles. The van der Waals surface area contributed by atoms with Gasteiger partial charge in [-0.2, -0.15) is 0 Å². The summed E-state index contributed by atoms with van der Waals surface area (Å²) in [5.41, 5.74) is 7.74. The molecule has 1 unspecified atom stereocenters. The summed E-state index contributed by atoms with van der Waals surface area (Å²) < 4.78 is 4.30. The van der Waals surface area contributed by atoms with Crippen LogP contribution in [0.25, 0.3) is 6.08 Å². The van der Waals surface area contributed by atoms with E-state index in [1.54, 1.807) is 14.5 Å². The Kier molecular flexibility index (Phi) is 6.56. The van der Waals surface area contributed by atoms with Gasteiger partial charge in [-0.1, -0.05) is 0 Å². The van der Waals surface area contributed by atoms with Crippen LogP contribution in [0.1, 0.15) is 45.7 Å². The second-order valence-electron chi connectivity index (χ2n) is 7.78. The molecule has 0 amide bonds. The average Bonchev–Trinajstić information content (AvgIpc) is 3.29. The maximum atomic E-state index is 2.49. The normalized spacial score (nSPS) is 22.4. The maximum absolute atomic E-state index is 2.49. The third kappa shape index (κ3) is 3.28. The van der Waals surface area contributed by atoms with Crippen LogP contribution < -0.4 is 0 Å². The summed E-state index contributed by atoms with van der Waals surface area (Å²) in [5.74, 6) is 0. The summed E-state index contributed by atoms with van der Waals surface area (Å²) in [5, 5.41) is 0. The summed E-state index contributed by atoms with van der Waals surface area (Å²) in [6.07, 6.45) is 9.34. The van der Waals surface area contributed by atoms with Crippen molar-refractivity contribution < 1.29 is 22.9 Å². The Morgan fingerprint density at radius 1 is 0.852 bits per heavy atom. The summed E-state index contributed by atoms with van der Waals surface area (Å²) in [6.45, 7) is 11.8. The fraction of sp³-hybridized carbons (Fsp3) is 0.304. The van der Waals surface area contributed by atoms with E-state index in [2.05, 4.69) is 100 Å². The third-order valence-electron chi connectivity index (χ3n) is 6.27. The SMILES string of the molecule is CC1=C(C)C(C)(C)[C]([Hf][C]2(n3cccc3)C=Cc3ccccc32)=C1C.Cl.Cl. The minimum absolute atomic E-state index is 0. The van der Waals surface area contributed by atoms with Gasteiger partial charge in [0.2, 0.25) is 0 Å². The number of hydrogen-bond acceptors (Lipinski definition) is 0. The molecule has 1 aromatic carbocycles. The summed E-state index contributed by atoms with van der Waals surface area (Å²) in [4.78, 5) is 0. The van der Waals surface area contributed by atoms with E-state index in [1.807, 2.05) is 0 Å². The zero-order valence-electron chi connectivity index (χ0n) is 16.5. The number of benzene rings is 1. The minimum Gasteiger partial charge on any atom is -0.147 e. The van der Waals surface area contributed by atoms with Gasteiger partial charge in [0.25, 0.3) is 0 Å². The Hall–Kier alpha value is -0.830. The van der Waals surface area contributed by atoms with Crippen molar-refractivity contribution in [1.29, 1.82) is 0 Å². The monoisotopic (exact) mass is 567 g/mol. The van der Waals surface area contributed by atoms with Gasteiger partial charge in [0, 0.05) is 0 Å². The Morgan fingerprint density at radius 3 is 2.07 bits per heavy atom. The number of rotatable bonds is 3. The van der Waals surface area contributed by atoms with Gasteiger partial charge in [-0.05, 0) is 0 Å². The molecule has 0 saturated heterocycles. The van der Waals surface area contributed by atoms with E-state index < -0.39 is 22.9 Å². The van der Waals surface area contributed by atoms with Crippen LogP contribution in [0.4, 0.5) is 0 Å². The van der Waals surface area contributed by atoms with Crippen molar-refractivity contribution in [2.75, 3.05) is 0 Å². The van der Waals surface area contributed by atoms with Crippen molar-refractivity contribution in [3.8, 4) is 0 Å². The topological polar surface area (TPSA) is 4.93 Å². The summed E-state index contributed by atoms with van der Waals surface area (Å²) in [6, 6.07) is 13.3. The van der Waals surface area contributed by atoms with Crippen LogP contribution in [-0.4, -0.2) is 4.57 Å². The smallest absolute Gasteiger partial charge is 0.147 e. The van der Waals surface area contributed by atoms with E-state index in [-0.39, 0.29) is 33.5 Å². The largest absolute Gasteiger partial charge is 0.147 e. The first-order chi connectivity index (χ1) is 11.9. The van der Waals surface area contributed by atoms with Crippen LogP contribution in [-0.2, 0) is 26.2 Å². The van der Waals surface area contributed by atoms with Gasteiger partial charge in [-0.3, -0.25) is 0 Å². The van der Waals surface area contributed by atoms with E-state index in [4.69, 9.17) is 0 Å². The van der Waals surface area contributed by atoms with E-state index in [0.29, 0.717) is 0 Å². The van der Waals surface area contributed by atoms with Crippen LogP contribution in [0, 0.1) is 5.41 Å². The van der Waals surface area contributed by atoms with Crippen molar-refractivity contribution in [3.05, 3.63) is 86.0 Å². The number of allylic oxidation sites excluding steroid dienone is 5. The molecule has 0 N–H and O–H groups in total. The van der Waals surface area contributed by atoms with Gasteiger partial charge >= 0.3 is 163 Å². The van der Waals surface area contributed by atoms with Crippen LogP contribution >= 0.6 is 24.8 Å². The Morgan fingerprint density at radius 2 is 1.48 bits per heavy atom. The average molecular weight is 567 g/mol. The van der Waals surface area contributed by atoms with Gasteiger partial charge in [0.05, 0.1) is 0 Å².